The minimum Gasteiger partial charge on any atom is -0.356 e. The van der Waals surface area contributed by atoms with Crippen LogP contribution in [0.3, 0.4) is 0 Å². The minimum atomic E-state index is -1.08. The molecule has 1 fully saturated rings. The minimum absolute atomic E-state index is 0.0234. The molecule has 0 radical (unpaired) electrons. The molecule has 2 atom stereocenters. The summed E-state index contributed by atoms with van der Waals surface area (Å²) in [7, 11) is 0. The third kappa shape index (κ3) is 3.12. The molecule has 0 bridgehead atoms. The standard InChI is InChI=1S/C28H24BrN3O2/c1-28-26-25(21-9-5-6-10-23(21)30-26)22(19-11-13-20(29)14-12-19)16-32(28)24(33)17-31(27(28)34)15-18-7-3-2-4-8-18/h2-14,22,30H,15-17H2,1H3/t22?,28-/m0/s1. The number of rotatable bonds is 3. The highest BCUT2D eigenvalue weighted by Crippen LogP contribution is 2.48. The molecule has 1 aromatic heterocycles. The summed E-state index contributed by atoms with van der Waals surface area (Å²) in [6.45, 7) is 2.87. The van der Waals surface area contributed by atoms with Gasteiger partial charge in [0.15, 0.2) is 5.54 Å². The van der Waals surface area contributed by atoms with Gasteiger partial charge in [0.25, 0.3) is 5.91 Å². The third-order valence-electron chi connectivity index (χ3n) is 7.31. The van der Waals surface area contributed by atoms with Gasteiger partial charge in [0, 0.05) is 34.4 Å². The van der Waals surface area contributed by atoms with Crippen molar-refractivity contribution in [1.29, 1.82) is 0 Å². The van der Waals surface area contributed by atoms with Crippen molar-refractivity contribution >= 4 is 38.6 Å². The van der Waals surface area contributed by atoms with Gasteiger partial charge in [-0.1, -0.05) is 76.6 Å². The van der Waals surface area contributed by atoms with Gasteiger partial charge in [0.05, 0.1) is 5.69 Å². The summed E-state index contributed by atoms with van der Waals surface area (Å²) in [6.07, 6.45) is 0. The Hall–Kier alpha value is -3.38. The monoisotopic (exact) mass is 513 g/mol. The molecule has 1 unspecified atom stereocenters. The number of para-hydroxylation sites is 1. The maximum Gasteiger partial charge on any atom is 0.255 e. The lowest BCUT2D eigenvalue weighted by Crippen LogP contribution is -2.67. The Morgan fingerprint density at radius 2 is 1.68 bits per heavy atom. The average Bonchev–Trinajstić information content (AvgIpc) is 3.25. The van der Waals surface area contributed by atoms with E-state index in [2.05, 4.69) is 39.1 Å². The normalized spacial score (nSPS) is 22.1. The van der Waals surface area contributed by atoms with Crippen LogP contribution in [0, 0.1) is 0 Å². The SMILES string of the molecule is C[C@]12C(=O)N(Cc3ccccc3)CC(=O)N1CC(c1ccc(Br)cc1)c1c2[nH]c2ccccc12. The van der Waals surface area contributed by atoms with Crippen LogP contribution in [-0.2, 0) is 21.7 Å². The van der Waals surface area contributed by atoms with Crippen LogP contribution in [0.25, 0.3) is 10.9 Å². The number of nitrogens with one attached hydrogen (secondary N) is 1. The number of carbonyl (C=O) groups excluding carboxylic acids is 2. The number of aromatic nitrogens is 1. The van der Waals surface area contributed by atoms with E-state index < -0.39 is 5.54 Å². The summed E-state index contributed by atoms with van der Waals surface area (Å²) < 4.78 is 1.01. The van der Waals surface area contributed by atoms with E-state index in [-0.39, 0.29) is 24.3 Å². The molecule has 1 N–H and O–H groups in total. The van der Waals surface area contributed by atoms with Crippen molar-refractivity contribution in [2.45, 2.75) is 24.9 Å². The van der Waals surface area contributed by atoms with Gasteiger partial charge in [0.2, 0.25) is 5.91 Å². The number of amides is 2. The summed E-state index contributed by atoms with van der Waals surface area (Å²) in [6, 6.07) is 26.3. The van der Waals surface area contributed by atoms with Gasteiger partial charge in [-0.05, 0) is 41.8 Å². The molecule has 0 saturated carbocycles. The lowest BCUT2D eigenvalue weighted by atomic mass is 9.76. The Morgan fingerprint density at radius 3 is 2.44 bits per heavy atom. The van der Waals surface area contributed by atoms with Crippen molar-refractivity contribution in [3.05, 3.63) is 106 Å². The van der Waals surface area contributed by atoms with Crippen LogP contribution in [0.15, 0.2) is 83.3 Å². The first kappa shape index (κ1) is 21.2. The van der Waals surface area contributed by atoms with Crippen LogP contribution in [0.1, 0.15) is 35.2 Å². The topological polar surface area (TPSA) is 56.4 Å². The van der Waals surface area contributed by atoms with Gasteiger partial charge in [0.1, 0.15) is 6.54 Å². The second-order valence-corrected chi connectivity index (χ2v) is 10.2. The predicted molar refractivity (Wildman–Crippen MR) is 135 cm³/mol. The number of fused-ring (bicyclic) bond motifs is 5. The van der Waals surface area contributed by atoms with Gasteiger partial charge in [-0.3, -0.25) is 9.59 Å². The second kappa shape index (κ2) is 7.84. The van der Waals surface area contributed by atoms with E-state index in [9.17, 15) is 9.59 Å². The van der Waals surface area contributed by atoms with Crippen LogP contribution in [0.4, 0.5) is 0 Å². The molecule has 4 aromatic rings. The van der Waals surface area contributed by atoms with E-state index in [1.807, 2.05) is 67.6 Å². The summed E-state index contributed by atoms with van der Waals surface area (Å²) in [5.41, 5.74) is 3.98. The molecular formula is C28H24BrN3O2. The van der Waals surface area contributed by atoms with Crippen LogP contribution in [-0.4, -0.2) is 39.7 Å². The second-order valence-electron chi connectivity index (χ2n) is 9.29. The molecule has 5 nitrogen and oxygen atoms in total. The van der Waals surface area contributed by atoms with E-state index in [0.29, 0.717) is 13.1 Å². The van der Waals surface area contributed by atoms with Gasteiger partial charge >= 0.3 is 0 Å². The van der Waals surface area contributed by atoms with Gasteiger partial charge in [-0.15, -0.1) is 0 Å². The number of aromatic amines is 1. The lowest BCUT2D eigenvalue weighted by Gasteiger charge is -2.51. The quantitative estimate of drug-likeness (QED) is 0.411. The first-order chi connectivity index (χ1) is 16.5. The lowest BCUT2D eigenvalue weighted by molar-refractivity contribution is -0.166. The molecule has 2 aliphatic rings. The maximum atomic E-state index is 14.1. The molecule has 3 heterocycles. The molecule has 2 aliphatic heterocycles. The van der Waals surface area contributed by atoms with Crippen LogP contribution in [0.2, 0.25) is 0 Å². The van der Waals surface area contributed by atoms with Crippen molar-refractivity contribution in [2.75, 3.05) is 13.1 Å². The highest BCUT2D eigenvalue weighted by Gasteiger charge is 2.56. The Balaban J connectivity index is 1.52. The molecule has 0 aliphatic carbocycles. The number of carbonyl (C=O) groups is 2. The van der Waals surface area contributed by atoms with Crippen molar-refractivity contribution in [3.8, 4) is 0 Å². The first-order valence-electron chi connectivity index (χ1n) is 11.5. The van der Waals surface area contributed by atoms with Crippen LogP contribution < -0.4 is 0 Å². The molecule has 3 aromatic carbocycles. The van der Waals surface area contributed by atoms with Crippen LogP contribution >= 0.6 is 15.9 Å². The van der Waals surface area contributed by atoms with Gasteiger partial charge < -0.3 is 14.8 Å². The fraction of sp³-hybridized carbons (Fsp3) is 0.214. The molecular weight excluding hydrogens is 490 g/mol. The smallest absolute Gasteiger partial charge is 0.255 e. The molecule has 34 heavy (non-hydrogen) atoms. The predicted octanol–water partition coefficient (Wildman–Crippen LogP) is 5.16. The van der Waals surface area contributed by atoms with E-state index in [4.69, 9.17) is 0 Å². The number of H-pyrrole nitrogens is 1. The number of benzene rings is 3. The average molecular weight is 514 g/mol. The zero-order valence-electron chi connectivity index (χ0n) is 18.8. The maximum absolute atomic E-state index is 14.1. The summed E-state index contributed by atoms with van der Waals surface area (Å²) in [5, 5.41) is 1.10. The van der Waals surface area contributed by atoms with Crippen molar-refractivity contribution in [2.24, 2.45) is 0 Å². The molecule has 2 amide bonds. The third-order valence-corrected chi connectivity index (χ3v) is 7.83. The highest BCUT2D eigenvalue weighted by molar-refractivity contribution is 9.10. The zero-order valence-corrected chi connectivity index (χ0v) is 20.4. The Bertz CT molecular complexity index is 1410. The fourth-order valence-electron chi connectivity index (χ4n) is 5.60. The van der Waals surface area contributed by atoms with Crippen molar-refractivity contribution in [1.82, 2.24) is 14.8 Å². The summed E-state index contributed by atoms with van der Waals surface area (Å²) in [5.74, 6) is -0.0905. The van der Waals surface area contributed by atoms with E-state index in [1.54, 1.807) is 9.80 Å². The number of hydrogen-bond acceptors (Lipinski definition) is 2. The van der Waals surface area contributed by atoms with Crippen molar-refractivity contribution in [3.63, 3.8) is 0 Å². The molecule has 6 heteroatoms. The Morgan fingerprint density at radius 1 is 0.971 bits per heavy atom. The first-order valence-corrected chi connectivity index (χ1v) is 12.3. The molecule has 6 rings (SSSR count). The Labute approximate surface area is 206 Å². The molecule has 170 valence electrons. The molecule has 1 saturated heterocycles. The number of piperazine rings is 1. The highest BCUT2D eigenvalue weighted by atomic mass is 79.9. The van der Waals surface area contributed by atoms with E-state index in [0.717, 1.165) is 37.8 Å². The summed E-state index contributed by atoms with van der Waals surface area (Å²) >= 11 is 3.53. The van der Waals surface area contributed by atoms with E-state index in [1.165, 1.54) is 0 Å². The van der Waals surface area contributed by atoms with Crippen LogP contribution in [0.5, 0.6) is 0 Å². The zero-order chi connectivity index (χ0) is 23.4. The fourth-order valence-corrected chi connectivity index (χ4v) is 5.87. The number of halogens is 1. The molecule has 0 spiro atoms. The van der Waals surface area contributed by atoms with Crippen molar-refractivity contribution < 1.29 is 9.59 Å². The Kier molecular flexibility index (Phi) is 4.88. The number of hydrogen-bond donors (Lipinski definition) is 1. The number of nitrogens with zero attached hydrogens (tertiary/aromatic N) is 2. The summed E-state index contributed by atoms with van der Waals surface area (Å²) in [4.78, 5) is 34.7. The van der Waals surface area contributed by atoms with Gasteiger partial charge in [-0.25, -0.2) is 0 Å². The largest absolute Gasteiger partial charge is 0.356 e. The van der Waals surface area contributed by atoms with Gasteiger partial charge in [-0.2, -0.15) is 0 Å². The van der Waals surface area contributed by atoms with E-state index >= 15 is 0 Å².